The second-order valence-electron chi connectivity index (χ2n) is 4.59. The summed E-state index contributed by atoms with van der Waals surface area (Å²) >= 11 is 12.9. The van der Waals surface area contributed by atoms with E-state index in [2.05, 4.69) is 0 Å². The molecule has 0 radical (unpaired) electrons. The Morgan fingerprint density at radius 3 is 2.07 bits per heavy atom. The van der Waals surface area contributed by atoms with Crippen molar-refractivity contribution in [1.82, 2.24) is 0 Å². The first-order chi connectivity index (χ1) is 6.08. The van der Waals surface area contributed by atoms with Gasteiger partial charge in [-0.05, 0) is 25.7 Å². The predicted molar refractivity (Wildman–Crippen MR) is 57.5 cm³/mol. The van der Waals surface area contributed by atoms with Crippen LogP contribution >= 0.6 is 23.2 Å². The molecule has 0 spiro atoms. The fourth-order valence-electron chi connectivity index (χ4n) is 2.91. The van der Waals surface area contributed by atoms with Crippen LogP contribution in [0.15, 0.2) is 0 Å². The molecule has 0 heterocycles. The van der Waals surface area contributed by atoms with Gasteiger partial charge in [-0.1, -0.05) is 19.3 Å². The predicted octanol–water partition coefficient (Wildman–Crippen LogP) is 3.02. The summed E-state index contributed by atoms with van der Waals surface area (Å²) < 4.78 is 0. The van der Waals surface area contributed by atoms with E-state index in [9.17, 15) is 0 Å². The third kappa shape index (κ3) is 1.90. The first-order valence-corrected chi connectivity index (χ1v) is 6.02. The van der Waals surface area contributed by atoms with E-state index in [-0.39, 0.29) is 36.9 Å². The molecular weight excluding hydrogens is 400 g/mol. The molecule has 2 saturated carbocycles. The third-order valence-corrected chi connectivity index (χ3v) is 5.35. The molecule has 14 heavy (non-hydrogen) atoms. The minimum atomic E-state index is -0.314. The summed E-state index contributed by atoms with van der Waals surface area (Å²) in [5.74, 6) is 0. The quantitative estimate of drug-likeness (QED) is 0.653. The summed E-state index contributed by atoms with van der Waals surface area (Å²) in [6.45, 7) is 0. The molecule has 0 aliphatic heterocycles. The maximum absolute atomic E-state index is 6.61. The first-order valence-electron chi connectivity index (χ1n) is 5.20. The van der Waals surface area contributed by atoms with Gasteiger partial charge in [0.2, 0.25) is 0 Å². The number of alkyl halides is 2. The molecule has 0 saturated heterocycles. The topological polar surface area (TPSA) is 26.0 Å². The Balaban J connectivity index is 0.000000980. The van der Waals surface area contributed by atoms with Crippen LogP contribution in [0.2, 0.25) is 0 Å². The van der Waals surface area contributed by atoms with E-state index >= 15 is 0 Å². The van der Waals surface area contributed by atoms with Crippen LogP contribution in [0.1, 0.15) is 44.9 Å². The van der Waals surface area contributed by atoms with Crippen molar-refractivity contribution in [3.8, 4) is 0 Å². The van der Waals surface area contributed by atoms with E-state index in [0.717, 1.165) is 32.1 Å². The molecule has 2 atom stereocenters. The Morgan fingerprint density at radius 1 is 1.07 bits per heavy atom. The number of hydrogen-bond donors (Lipinski definition) is 1. The van der Waals surface area contributed by atoms with Crippen molar-refractivity contribution in [1.29, 1.82) is 0 Å². The molecule has 2 N–H and O–H groups in total. The summed E-state index contributed by atoms with van der Waals surface area (Å²) in [5.41, 5.74) is 6.19. The van der Waals surface area contributed by atoms with Crippen LogP contribution in [0, 0.1) is 0 Å². The molecule has 1 nitrogen and oxygen atoms in total. The van der Waals surface area contributed by atoms with Crippen LogP contribution < -0.4 is 5.73 Å². The molecule has 0 aromatic carbocycles. The van der Waals surface area contributed by atoms with Gasteiger partial charge in [0.05, 0.1) is 10.3 Å². The number of hydrogen-bond acceptors (Lipinski definition) is 1. The largest absolute Gasteiger partial charge is 0.324 e. The number of nitrogens with two attached hydrogens (primary N) is 1. The second kappa shape index (κ2) is 4.61. The van der Waals surface area contributed by atoms with Crippen molar-refractivity contribution in [3.63, 3.8) is 0 Å². The van der Waals surface area contributed by atoms with Gasteiger partial charge in [-0.2, -0.15) is 0 Å². The maximum atomic E-state index is 6.61. The molecule has 2 unspecified atom stereocenters. The zero-order valence-corrected chi connectivity index (χ0v) is 12.0. The Labute approximate surface area is 110 Å². The van der Waals surface area contributed by atoms with Gasteiger partial charge >= 0.3 is 0 Å². The molecule has 86 valence electrons. The first kappa shape index (κ1) is 13.3. The molecular formula is C10H17Cl2NPt. The summed E-state index contributed by atoms with van der Waals surface area (Å²) in [5, 5.41) is 0.0808. The van der Waals surface area contributed by atoms with Gasteiger partial charge in [0.15, 0.2) is 0 Å². The van der Waals surface area contributed by atoms with Crippen LogP contribution in [-0.4, -0.2) is 15.8 Å². The fraction of sp³-hybridized carbons (Fsp3) is 1.00. The third-order valence-electron chi connectivity index (χ3n) is 3.82. The molecule has 0 amide bonds. The molecule has 2 aliphatic rings. The van der Waals surface area contributed by atoms with E-state index in [0.29, 0.717) is 0 Å². The Morgan fingerprint density at radius 2 is 1.64 bits per heavy atom. The van der Waals surface area contributed by atoms with Gasteiger partial charge in [-0.15, -0.1) is 23.2 Å². The van der Waals surface area contributed by atoms with E-state index in [1.165, 1.54) is 12.8 Å². The molecule has 2 aliphatic carbocycles. The van der Waals surface area contributed by atoms with Gasteiger partial charge in [0.25, 0.3) is 0 Å². The van der Waals surface area contributed by atoms with Crippen LogP contribution in [0.4, 0.5) is 0 Å². The number of rotatable bonds is 1. The Kier molecular flexibility index (Phi) is 4.38. The SMILES string of the molecule is NC1(C2(Cl)CCCC2Cl)CCCC1.[Pt]. The van der Waals surface area contributed by atoms with E-state index in [4.69, 9.17) is 28.9 Å². The van der Waals surface area contributed by atoms with Gasteiger partial charge < -0.3 is 5.73 Å². The molecule has 0 aromatic heterocycles. The van der Waals surface area contributed by atoms with Crippen molar-refractivity contribution in [2.24, 2.45) is 5.73 Å². The van der Waals surface area contributed by atoms with Crippen LogP contribution in [0.25, 0.3) is 0 Å². The Bertz CT molecular complexity index is 206. The van der Waals surface area contributed by atoms with Crippen LogP contribution in [0.5, 0.6) is 0 Å². The van der Waals surface area contributed by atoms with E-state index in [1.54, 1.807) is 0 Å². The number of halogens is 2. The normalized spacial score (nSPS) is 40.9. The van der Waals surface area contributed by atoms with Crippen molar-refractivity contribution in [3.05, 3.63) is 0 Å². The minimum absolute atomic E-state index is 0. The van der Waals surface area contributed by atoms with Gasteiger partial charge in [0.1, 0.15) is 0 Å². The average Bonchev–Trinajstić information content (AvgIpc) is 2.63. The average molecular weight is 417 g/mol. The molecule has 0 bridgehead atoms. The van der Waals surface area contributed by atoms with E-state index in [1.807, 2.05) is 0 Å². The van der Waals surface area contributed by atoms with E-state index < -0.39 is 0 Å². The monoisotopic (exact) mass is 416 g/mol. The molecule has 0 aromatic rings. The van der Waals surface area contributed by atoms with Crippen molar-refractivity contribution in [2.75, 3.05) is 0 Å². The zero-order chi connectivity index (χ0) is 9.53. The second-order valence-corrected chi connectivity index (χ2v) is 5.79. The fourth-order valence-corrected chi connectivity index (χ4v) is 3.82. The summed E-state index contributed by atoms with van der Waals surface area (Å²) in [6.07, 6.45) is 7.71. The maximum Gasteiger partial charge on any atom is 0.0788 e. The summed E-state index contributed by atoms with van der Waals surface area (Å²) in [6, 6.07) is 0. The van der Waals surface area contributed by atoms with Crippen molar-refractivity contribution >= 4 is 23.2 Å². The standard InChI is InChI=1S/C10H17Cl2N.Pt/c11-8-4-3-7-10(8,12)9(13)5-1-2-6-9;/h8H,1-7,13H2;. The van der Waals surface area contributed by atoms with Gasteiger partial charge in [0, 0.05) is 26.6 Å². The molecule has 2 fully saturated rings. The minimum Gasteiger partial charge on any atom is -0.324 e. The summed E-state index contributed by atoms with van der Waals surface area (Å²) in [7, 11) is 0. The Hall–Kier alpha value is 1.23. The van der Waals surface area contributed by atoms with Crippen LogP contribution in [-0.2, 0) is 21.1 Å². The van der Waals surface area contributed by atoms with Crippen molar-refractivity contribution < 1.29 is 21.1 Å². The zero-order valence-electron chi connectivity index (χ0n) is 8.18. The summed E-state index contributed by atoms with van der Waals surface area (Å²) in [4.78, 5) is -0.314. The van der Waals surface area contributed by atoms with Gasteiger partial charge in [-0.25, -0.2) is 0 Å². The van der Waals surface area contributed by atoms with Gasteiger partial charge in [-0.3, -0.25) is 0 Å². The van der Waals surface area contributed by atoms with Crippen molar-refractivity contribution in [2.45, 2.75) is 60.7 Å². The molecule has 2 rings (SSSR count). The molecule has 4 heteroatoms. The van der Waals surface area contributed by atoms with Crippen LogP contribution in [0.3, 0.4) is 0 Å². The smallest absolute Gasteiger partial charge is 0.0788 e.